The van der Waals surface area contributed by atoms with Crippen molar-refractivity contribution in [2.45, 2.75) is 41.4 Å². The van der Waals surface area contributed by atoms with E-state index in [1.807, 2.05) is 13.5 Å². The largest absolute Gasteiger partial charge is 0.548 e. The van der Waals surface area contributed by atoms with E-state index in [4.69, 9.17) is 9.47 Å². The van der Waals surface area contributed by atoms with E-state index in [1.54, 1.807) is 0 Å². The van der Waals surface area contributed by atoms with Gasteiger partial charge >= 0.3 is 5.97 Å². The molecule has 1 saturated heterocycles. The molecule has 18 heavy (non-hydrogen) atoms. The van der Waals surface area contributed by atoms with E-state index in [0.29, 0.717) is 24.6 Å². The van der Waals surface area contributed by atoms with Gasteiger partial charge in [-0.15, -0.1) is 15.7 Å². The van der Waals surface area contributed by atoms with Crippen LogP contribution in [0.25, 0.3) is 0 Å². The van der Waals surface area contributed by atoms with Crippen LogP contribution in [0, 0.1) is 52.5 Å². The molecule has 0 aromatic heterocycles. The topological polar surface area (TPSA) is 35.5 Å². The zero-order valence-electron chi connectivity index (χ0n) is 10.4. The summed E-state index contributed by atoms with van der Waals surface area (Å²) < 4.78 is 10.9. The average Bonchev–Trinajstić information content (AvgIpc) is 2.67. The van der Waals surface area contributed by atoms with Crippen LogP contribution in [-0.4, -0.2) is 27.8 Å². The predicted octanol–water partition coefficient (Wildman–Crippen LogP) is 2.33. The molecule has 0 spiro atoms. The Hall–Kier alpha value is 3.02. The minimum absolute atomic E-state index is 0. The molecule has 1 aliphatic heterocycles. The van der Waals surface area contributed by atoms with Crippen LogP contribution < -0.4 is 0 Å². The summed E-state index contributed by atoms with van der Waals surface area (Å²) in [6.07, 6.45) is 2.80. The summed E-state index contributed by atoms with van der Waals surface area (Å²) in [5, 5.41) is 0. The molecule has 1 radical (unpaired) electrons. The van der Waals surface area contributed by atoms with E-state index >= 15 is 0 Å². The molecule has 5 atom stereocenters. The van der Waals surface area contributed by atoms with Crippen molar-refractivity contribution in [2.24, 2.45) is 5.92 Å². The van der Waals surface area contributed by atoms with Gasteiger partial charge in [0.1, 0.15) is 0 Å². The number of fused-ring (bicyclic) bond motifs is 1. The van der Waals surface area contributed by atoms with E-state index in [9.17, 15) is 4.79 Å². The maximum absolute atomic E-state index is 11.5. The van der Waals surface area contributed by atoms with E-state index in [2.05, 4.69) is 31.8 Å². The van der Waals surface area contributed by atoms with Crippen molar-refractivity contribution in [3.8, 4) is 0 Å². The third-order valence-electron chi connectivity index (χ3n) is 3.41. The summed E-state index contributed by atoms with van der Waals surface area (Å²) in [6, 6.07) is 0. The van der Waals surface area contributed by atoms with Crippen molar-refractivity contribution in [1.29, 1.82) is 0 Å². The number of alkyl halides is 1. The Balaban J connectivity index is 0.00000144. The average molecular weight is 676 g/mol. The van der Waals surface area contributed by atoms with Crippen LogP contribution in [0.1, 0.15) is 26.2 Å². The Labute approximate surface area is 182 Å². The first-order valence-corrected chi connectivity index (χ1v) is 7.38. The third kappa shape index (κ3) is 4.76. The minimum atomic E-state index is -0.0797. The van der Waals surface area contributed by atoms with Gasteiger partial charge in [-0.3, -0.25) is 4.79 Å². The van der Waals surface area contributed by atoms with Gasteiger partial charge in [0.2, 0.25) is 0 Å². The zero-order chi connectivity index (χ0) is 11.8. The maximum Gasteiger partial charge on any atom is 0.306 e. The molecule has 1 saturated carbocycles. The predicted molar refractivity (Wildman–Crippen MR) is 73.4 cm³/mol. The van der Waals surface area contributed by atoms with Crippen molar-refractivity contribution < 1.29 is 86.9 Å². The fourth-order valence-electron chi connectivity index (χ4n) is 2.62. The van der Waals surface area contributed by atoms with E-state index < -0.39 is 0 Å². The summed E-state index contributed by atoms with van der Waals surface area (Å²) in [5.41, 5.74) is 0.361. The third-order valence-corrected chi connectivity index (χ3v) is 5.79. The first kappa shape index (κ1) is 21.0. The second-order valence-corrected chi connectivity index (χ2v) is 7.43. The summed E-state index contributed by atoms with van der Waals surface area (Å²) in [6.45, 7) is 4.22. The van der Waals surface area contributed by atoms with Gasteiger partial charge < -0.3 is 9.47 Å². The zero-order valence-corrected chi connectivity index (χ0v) is 20.7. The van der Waals surface area contributed by atoms with Crippen LogP contribution in [0.15, 0.2) is 0 Å². The normalized spacial score (nSPS) is 37.4. The number of rotatable bonds is 3. The molecule has 0 aromatic carbocycles. The molecule has 7 heteroatoms. The van der Waals surface area contributed by atoms with E-state index in [-0.39, 0.29) is 88.1 Å². The van der Waals surface area contributed by atoms with Gasteiger partial charge in [0.15, 0.2) is 0 Å². The van der Waals surface area contributed by atoms with E-state index in [0.717, 1.165) is 12.8 Å². The van der Waals surface area contributed by atoms with E-state index in [1.165, 1.54) is 0 Å². The maximum atomic E-state index is 11.5. The van der Waals surface area contributed by atoms with Gasteiger partial charge in [0, 0.05) is 94.3 Å². The number of carbonyl (C=O) groups excluding carboxylic acids is 1. The van der Waals surface area contributed by atoms with Gasteiger partial charge in [-0.25, -0.2) is 6.61 Å². The van der Waals surface area contributed by atoms with Crippen molar-refractivity contribution in [3.63, 3.8) is 0 Å². The number of halogens is 1. The molecular weight excluding hydrogens is 659 g/mol. The second kappa shape index (κ2) is 9.22. The van der Waals surface area contributed by atoms with Gasteiger partial charge in [0.05, 0.1) is 6.61 Å². The minimum Gasteiger partial charge on any atom is -0.548 e. The quantitative estimate of drug-likeness (QED) is 0.152. The molecule has 4 unspecified atom stereocenters. The Morgan fingerprint density at radius 2 is 2.33 bits per heavy atom. The van der Waals surface area contributed by atoms with Crippen LogP contribution in [0.4, 0.5) is 0 Å². The second-order valence-electron chi connectivity index (χ2n) is 4.51. The number of hydrogen-bond acceptors (Lipinski definition) is 3. The fraction of sp³-hybridized carbons (Fsp3) is 0.818. The molecule has 3 nitrogen and oxygen atoms in total. The molecule has 0 bridgehead atoms. The van der Waals surface area contributed by atoms with Crippen LogP contribution in [0.3, 0.4) is 0 Å². The molecule has 1 heterocycles. The van der Waals surface area contributed by atoms with Crippen molar-refractivity contribution in [1.82, 2.24) is 0 Å². The first-order valence-electron chi connectivity index (χ1n) is 5.64. The molecule has 99 valence electrons. The number of ether oxygens (including phenoxy) is 2. The van der Waals surface area contributed by atoms with Gasteiger partial charge in [-0.2, -0.15) is 0 Å². The van der Waals surface area contributed by atoms with Crippen molar-refractivity contribution in [3.05, 3.63) is 6.61 Å². The number of carbonyl (C=O) groups is 1. The van der Waals surface area contributed by atoms with Gasteiger partial charge in [0.25, 0.3) is 0 Å². The van der Waals surface area contributed by atoms with Crippen molar-refractivity contribution >= 4 is 37.8 Å². The Kier molecular flexibility index (Phi) is 10.8. The molecule has 0 aromatic rings. The SMILES string of the molecule is CCOC(=O)CC1C[C@]2(I)C[CH-]OC2C1P.[Th].[Y]. The Morgan fingerprint density at radius 3 is 2.89 bits per heavy atom. The van der Waals surface area contributed by atoms with Crippen LogP contribution in [0.5, 0.6) is 0 Å². The Morgan fingerprint density at radius 1 is 1.67 bits per heavy atom. The molecule has 2 aliphatic rings. The Bertz CT molecular complexity index is 297. The molecule has 1 aliphatic carbocycles. The molecular formula is C11H17IO3PThY-. The number of esters is 1. The summed E-state index contributed by atoms with van der Waals surface area (Å²) in [4.78, 5) is 11.5. The first-order chi connectivity index (χ1) is 7.57. The fourth-order valence-corrected chi connectivity index (χ4v) is 5.06. The summed E-state index contributed by atoms with van der Waals surface area (Å²) in [5.74, 6) is 0.295. The monoisotopic (exact) mass is 676 g/mol. The molecule has 0 N–H and O–H groups in total. The van der Waals surface area contributed by atoms with Crippen LogP contribution >= 0.6 is 31.8 Å². The van der Waals surface area contributed by atoms with Gasteiger partial charge in [-0.05, 0) is 19.3 Å². The van der Waals surface area contributed by atoms with Gasteiger partial charge in [-0.1, -0.05) is 22.6 Å². The summed E-state index contributed by atoms with van der Waals surface area (Å²) >= 11 is 2.49. The standard InChI is InChI=1S/C11H17IO3P.Th.Y/c1-2-14-8(13)5-7-6-11(12)3-4-15-10(11)9(7)16;;/h4,7,9-10H,2-3,5-6,16H2,1H3;;/q-1;;/t7?,9?,10?,11-;;/m1../s1. The van der Waals surface area contributed by atoms with Crippen LogP contribution in [-0.2, 0) is 47.0 Å². The smallest absolute Gasteiger partial charge is 0.306 e. The molecule has 2 rings (SSSR count). The number of hydrogen-bond donors (Lipinski definition) is 0. The van der Waals surface area contributed by atoms with Crippen molar-refractivity contribution in [2.75, 3.05) is 6.61 Å². The summed E-state index contributed by atoms with van der Waals surface area (Å²) in [7, 11) is 2.85. The molecule has 0 amide bonds. The van der Waals surface area contributed by atoms with Crippen LogP contribution in [0.2, 0.25) is 0 Å². The molecule has 2 fully saturated rings.